The largest absolute Gasteiger partial charge is 0.339 e. The molecule has 2 N–H and O–H groups in total. The zero-order chi connectivity index (χ0) is 22.2. The van der Waals surface area contributed by atoms with Crippen molar-refractivity contribution in [2.45, 2.75) is 45.6 Å². The fourth-order valence-corrected chi connectivity index (χ4v) is 3.89. The van der Waals surface area contributed by atoms with Gasteiger partial charge in [-0.1, -0.05) is 43.4 Å². The number of aliphatic imine (C=N–C) groups is 1. The van der Waals surface area contributed by atoms with Gasteiger partial charge in [-0.2, -0.15) is 0 Å². The first-order valence-corrected chi connectivity index (χ1v) is 10.6. The van der Waals surface area contributed by atoms with E-state index in [1.807, 2.05) is 35.3 Å². The Morgan fingerprint density at radius 3 is 2.48 bits per heavy atom. The molecule has 1 amide bonds. The molecule has 1 atom stereocenters. The fourth-order valence-electron chi connectivity index (χ4n) is 3.89. The molecule has 0 spiro atoms. The monoisotopic (exact) mass is 420 g/mol. The fraction of sp³-hybridized carbons (Fsp3) is 0.391. The Morgan fingerprint density at radius 2 is 1.87 bits per heavy atom. The van der Waals surface area contributed by atoms with E-state index in [-0.39, 0.29) is 11.9 Å². The van der Waals surface area contributed by atoms with Crippen molar-refractivity contribution in [3.05, 3.63) is 64.1 Å². The minimum absolute atomic E-state index is 0.0110. The van der Waals surface area contributed by atoms with E-state index in [0.29, 0.717) is 43.0 Å². The number of nitroso groups, excluding NO2 is 1. The lowest BCUT2D eigenvalue weighted by Crippen LogP contribution is -2.34. The van der Waals surface area contributed by atoms with Crippen molar-refractivity contribution in [3.8, 4) is 0 Å². The van der Waals surface area contributed by atoms with Crippen LogP contribution in [0, 0.1) is 4.91 Å². The normalized spacial score (nSPS) is 18.3. The highest BCUT2D eigenvalue weighted by Crippen LogP contribution is 2.33. The first kappa shape index (κ1) is 22.3. The van der Waals surface area contributed by atoms with Crippen LogP contribution in [0.3, 0.4) is 0 Å². The van der Waals surface area contributed by atoms with Crippen LogP contribution in [0.15, 0.2) is 74.1 Å². The van der Waals surface area contributed by atoms with E-state index in [0.717, 1.165) is 29.6 Å². The second-order valence-electron chi connectivity index (χ2n) is 7.62. The average molecular weight is 421 g/mol. The predicted molar refractivity (Wildman–Crippen MR) is 123 cm³/mol. The Kier molecular flexibility index (Phi) is 7.59. The standard InChI is InChI=1S/C23H28N6O2/c1-3-11-29(12-4-2)23(30)19-13-18-6-5-17(16-7-9-20(27-31)10-8-16)14-21(18)25-22(15-19)26-28-24/h5-10,13,21H,3-4,11-12,14-15H2,1-2H3,(H2,24,25,26). The Morgan fingerprint density at radius 1 is 1.16 bits per heavy atom. The Hall–Kier alpha value is -3.42. The Balaban J connectivity index is 1.95. The van der Waals surface area contributed by atoms with Crippen LogP contribution in [0.5, 0.6) is 0 Å². The van der Waals surface area contributed by atoms with Crippen LogP contribution in [0.1, 0.15) is 45.1 Å². The lowest BCUT2D eigenvalue weighted by atomic mass is 9.89. The number of rotatable bonds is 7. The second kappa shape index (κ2) is 10.6. The van der Waals surface area contributed by atoms with Crippen LogP contribution in [0.25, 0.3) is 5.57 Å². The summed E-state index contributed by atoms with van der Waals surface area (Å²) in [5.41, 5.74) is 4.10. The summed E-state index contributed by atoms with van der Waals surface area (Å²) in [7, 11) is 0. The number of nitrogens with zero attached hydrogens (tertiary/aromatic N) is 5. The third-order valence-electron chi connectivity index (χ3n) is 5.33. The molecule has 0 bridgehead atoms. The number of amides is 1. The summed E-state index contributed by atoms with van der Waals surface area (Å²) in [5, 5.41) is 10.3. The number of nitrogens with two attached hydrogens (primary N) is 1. The summed E-state index contributed by atoms with van der Waals surface area (Å²) in [6, 6.07) is 6.96. The van der Waals surface area contributed by atoms with Gasteiger partial charge in [-0.3, -0.25) is 9.79 Å². The van der Waals surface area contributed by atoms with Gasteiger partial charge >= 0.3 is 0 Å². The van der Waals surface area contributed by atoms with Gasteiger partial charge < -0.3 is 10.7 Å². The number of hydrogen-bond acceptors (Lipinski definition) is 6. The minimum Gasteiger partial charge on any atom is -0.339 e. The van der Waals surface area contributed by atoms with Crippen molar-refractivity contribution in [2.75, 3.05) is 13.1 Å². The molecule has 1 aromatic carbocycles. The number of amidine groups is 1. The number of allylic oxidation sites excluding steroid dienone is 2. The third kappa shape index (κ3) is 5.39. The van der Waals surface area contributed by atoms with Gasteiger partial charge in [0.15, 0.2) is 5.84 Å². The van der Waals surface area contributed by atoms with Crippen LogP contribution in [0.4, 0.5) is 5.69 Å². The number of fused-ring (bicyclic) bond motifs is 1. The maximum Gasteiger partial charge on any atom is 0.250 e. The molecule has 0 fully saturated rings. The Labute approximate surface area is 182 Å². The molecule has 1 aromatic rings. The molecule has 0 radical (unpaired) electrons. The first-order chi connectivity index (χ1) is 15.1. The summed E-state index contributed by atoms with van der Waals surface area (Å²) < 4.78 is 0. The summed E-state index contributed by atoms with van der Waals surface area (Å²) in [6.07, 6.45) is 8.73. The number of carbonyl (C=O) groups excluding carboxylic acids is 1. The molecule has 1 unspecified atom stereocenters. The Bertz CT molecular complexity index is 966. The SMILES string of the molecule is CCCN(CCC)C(=O)C1=CC2=CC=C(c3ccc(N=O)cc3)CC2N=C(N=NN)C1. The highest BCUT2D eigenvalue weighted by atomic mass is 16.3. The predicted octanol–water partition coefficient (Wildman–Crippen LogP) is 4.87. The summed E-state index contributed by atoms with van der Waals surface area (Å²) >= 11 is 0. The molecule has 2 aliphatic rings. The van der Waals surface area contributed by atoms with Gasteiger partial charge in [0.1, 0.15) is 5.69 Å². The van der Waals surface area contributed by atoms with E-state index >= 15 is 0 Å². The van der Waals surface area contributed by atoms with Gasteiger partial charge in [-0.15, -0.1) is 10.0 Å². The van der Waals surface area contributed by atoms with Crippen LogP contribution >= 0.6 is 0 Å². The molecule has 8 nitrogen and oxygen atoms in total. The summed E-state index contributed by atoms with van der Waals surface area (Å²) in [6.45, 7) is 5.56. The highest BCUT2D eigenvalue weighted by Gasteiger charge is 2.27. The molecule has 0 saturated heterocycles. The second-order valence-corrected chi connectivity index (χ2v) is 7.62. The zero-order valence-corrected chi connectivity index (χ0v) is 18.0. The van der Waals surface area contributed by atoms with E-state index in [9.17, 15) is 9.70 Å². The minimum atomic E-state index is -0.180. The van der Waals surface area contributed by atoms with Gasteiger partial charge in [-0.05, 0) is 59.4 Å². The lowest BCUT2D eigenvalue weighted by Gasteiger charge is -2.23. The van der Waals surface area contributed by atoms with Gasteiger partial charge in [0.2, 0.25) is 5.91 Å². The molecule has 0 saturated carbocycles. The summed E-state index contributed by atoms with van der Waals surface area (Å²) in [5.74, 6) is 5.76. The van der Waals surface area contributed by atoms with Crippen LogP contribution in [0.2, 0.25) is 0 Å². The number of carbonyl (C=O) groups is 1. The zero-order valence-electron chi connectivity index (χ0n) is 18.0. The molecule has 1 aliphatic carbocycles. The molecule has 8 heteroatoms. The summed E-state index contributed by atoms with van der Waals surface area (Å²) in [4.78, 5) is 30.5. The molecule has 1 aliphatic heterocycles. The van der Waals surface area contributed by atoms with Crippen molar-refractivity contribution in [3.63, 3.8) is 0 Å². The third-order valence-corrected chi connectivity index (χ3v) is 5.33. The van der Waals surface area contributed by atoms with Crippen LogP contribution < -0.4 is 5.84 Å². The molecule has 31 heavy (non-hydrogen) atoms. The molecule has 162 valence electrons. The van der Waals surface area contributed by atoms with Crippen molar-refractivity contribution in [1.82, 2.24) is 4.90 Å². The molecule has 1 heterocycles. The quantitative estimate of drug-likeness (QED) is 0.294. The van der Waals surface area contributed by atoms with Gasteiger partial charge in [0.25, 0.3) is 0 Å². The topological polar surface area (TPSA) is 113 Å². The smallest absolute Gasteiger partial charge is 0.250 e. The number of benzene rings is 1. The lowest BCUT2D eigenvalue weighted by molar-refractivity contribution is -0.127. The van der Waals surface area contributed by atoms with Gasteiger partial charge in [0.05, 0.1) is 6.04 Å². The maximum atomic E-state index is 13.2. The van der Waals surface area contributed by atoms with Crippen LogP contribution in [-0.2, 0) is 4.79 Å². The number of hydrogen-bond donors (Lipinski definition) is 1. The average Bonchev–Trinajstić information content (AvgIpc) is 2.97. The van der Waals surface area contributed by atoms with E-state index in [1.165, 1.54) is 0 Å². The van der Waals surface area contributed by atoms with E-state index in [1.54, 1.807) is 12.1 Å². The molecular weight excluding hydrogens is 392 g/mol. The van der Waals surface area contributed by atoms with Crippen molar-refractivity contribution in [2.24, 2.45) is 26.3 Å². The highest BCUT2D eigenvalue weighted by molar-refractivity contribution is 6.01. The maximum absolute atomic E-state index is 13.2. The van der Waals surface area contributed by atoms with Gasteiger partial charge in [-0.25, -0.2) is 0 Å². The van der Waals surface area contributed by atoms with Crippen molar-refractivity contribution >= 4 is 23.0 Å². The molecular formula is C23H28N6O2. The van der Waals surface area contributed by atoms with E-state index in [2.05, 4.69) is 29.4 Å². The van der Waals surface area contributed by atoms with Crippen LogP contribution in [-0.4, -0.2) is 35.8 Å². The van der Waals surface area contributed by atoms with Crippen molar-refractivity contribution in [1.29, 1.82) is 0 Å². The van der Waals surface area contributed by atoms with Crippen molar-refractivity contribution < 1.29 is 4.79 Å². The molecule has 0 aromatic heterocycles. The van der Waals surface area contributed by atoms with E-state index < -0.39 is 0 Å². The van der Waals surface area contributed by atoms with E-state index in [4.69, 9.17) is 10.8 Å². The van der Waals surface area contributed by atoms with Gasteiger partial charge in [0, 0.05) is 25.1 Å². The molecule has 3 rings (SSSR count). The first-order valence-electron chi connectivity index (χ1n) is 10.6.